The standard InChI is InChI=1S/C14H17FN2O/c1-9-2-5-13(11(15)8-9)17-7-6-12(14(17)18)16-10-3-4-10/h2,5,8,10,12,16H,3-4,6-7H2,1H3. The van der Waals surface area contributed by atoms with Gasteiger partial charge in [0.25, 0.3) is 0 Å². The third kappa shape index (κ3) is 2.12. The molecule has 1 aliphatic carbocycles. The number of nitrogens with zero attached hydrogens (tertiary/aromatic N) is 1. The number of carbonyl (C=O) groups is 1. The first-order chi connectivity index (χ1) is 8.65. The minimum atomic E-state index is -0.310. The van der Waals surface area contributed by atoms with E-state index in [9.17, 15) is 9.18 Å². The number of hydrogen-bond acceptors (Lipinski definition) is 2. The van der Waals surface area contributed by atoms with Crippen molar-refractivity contribution in [3.8, 4) is 0 Å². The van der Waals surface area contributed by atoms with E-state index < -0.39 is 0 Å². The van der Waals surface area contributed by atoms with Crippen LogP contribution in [0.4, 0.5) is 10.1 Å². The number of nitrogens with one attached hydrogen (secondary N) is 1. The minimum Gasteiger partial charge on any atom is -0.308 e. The summed E-state index contributed by atoms with van der Waals surface area (Å²) in [7, 11) is 0. The molecule has 0 radical (unpaired) electrons. The summed E-state index contributed by atoms with van der Waals surface area (Å²) in [6.07, 6.45) is 3.08. The van der Waals surface area contributed by atoms with Crippen molar-refractivity contribution >= 4 is 11.6 Å². The van der Waals surface area contributed by atoms with Gasteiger partial charge >= 0.3 is 0 Å². The van der Waals surface area contributed by atoms with E-state index in [0.29, 0.717) is 18.3 Å². The van der Waals surface area contributed by atoms with Crippen molar-refractivity contribution in [2.45, 2.75) is 38.3 Å². The number of hydrogen-bond donors (Lipinski definition) is 1. The van der Waals surface area contributed by atoms with E-state index in [1.54, 1.807) is 11.0 Å². The highest BCUT2D eigenvalue weighted by Gasteiger charge is 2.36. The molecule has 96 valence electrons. The zero-order valence-corrected chi connectivity index (χ0v) is 10.4. The second kappa shape index (κ2) is 4.35. The van der Waals surface area contributed by atoms with Gasteiger partial charge in [-0.15, -0.1) is 0 Å². The average molecular weight is 248 g/mol. The Bertz CT molecular complexity index is 485. The molecule has 1 unspecified atom stereocenters. The SMILES string of the molecule is Cc1ccc(N2CCC(NC3CC3)C2=O)c(F)c1. The zero-order valence-electron chi connectivity index (χ0n) is 10.4. The quantitative estimate of drug-likeness (QED) is 0.887. The van der Waals surface area contributed by atoms with Gasteiger partial charge in [-0.3, -0.25) is 4.79 Å². The van der Waals surface area contributed by atoms with Gasteiger partial charge in [-0.25, -0.2) is 4.39 Å². The van der Waals surface area contributed by atoms with E-state index in [1.807, 2.05) is 13.0 Å². The molecular formula is C14H17FN2O. The molecule has 2 aliphatic rings. The second-order valence-corrected chi connectivity index (χ2v) is 5.23. The monoisotopic (exact) mass is 248 g/mol. The molecule has 18 heavy (non-hydrogen) atoms. The maximum absolute atomic E-state index is 13.9. The summed E-state index contributed by atoms with van der Waals surface area (Å²) in [6, 6.07) is 5.39. The van der Waals surface area contributed by atoms with Crippen molar-refractivity contribution < 1.29 is 9.18 Å². The molecule has 0 bridgehead atoms. The maximum Gasteiger partial charge on any atom is 0.244 e. The van der Waals surface area contributed by atoms with Gasteiger partial charge in [0, 0.05) is 12.6 Å². The zero-order chi connectivity index (χ0) is 12.7. The lowest BCUT2D eigenvalue weighted by Gasteiger charge is -2.18. The summed E-state index contributed by atoms with van der Waals surface area (Å²) in [5.74, 6) is -0.305. The van der Waals surface area contributed by atoms with Gasteiger partial charge in [-0.05, 0) is 43.9 Å². The summed E-state index contributed by atoms with van der Waals surface area (Å²) < 4.78 is 13.9. The van der Waals surface area contributed by atoms with Crippen LogP contribution in [0.15, 0.2) is 18.2 Å². The molecule has 1 atom stereocenters. The topological polar surface area (TPSA) is 32.3 Å². The number of anilines is 1. The van der Waals surface area contributed by atoms with Crippen LogP contribution in [0.2, 0.25) is 0 Å². The minimum absolute atomic E-state index is 0.00431. The van der Waals surface area contributed by atoms with Crippen LogP contribution >= 0.6 is 0 Å². The number of halogens is 1. The Hall–Kier alpha value is -1.42. The van der Waals surface area contributed by atoms with Gasteiger partial charge in [-0.1, -0.05) is 6.07 Å². The molecule has 3 nitrogen and oxygen atoms in total. The second-order valence-electron chi connectivity index (χ2n) is 5.23. The molecule has 3 rings (SSSR count). The highest BCUT2D eigenvalue weighted by molar-refractivity contribution is 5.99. The van der Waals surface area contributed by atoms with Gasteiger partial charge in [0.05, 0.1) is 11.7 Å². The van der Waals surface area contributed by atoms with Crippen LogP contribution in [0.3, 0.4) is 0 Å². The Kier molecular flexibility index (Phi) is 2.82. The van der Waals surface area contributed by atoms with Crippen LogP contribution in [0.25, 0.3) is 0 Å². The fourth-order valence-corrected chi connectivity index (χ4v) is 2.44. The molecule has 1 saturated carbocycles. The molecule has 1 aliphatic heterocycles. The van der Waals surface area contributed by atoms with Crippen molar-refractivity contribution in [3.63, 3.8) is 0 Å². The van der Waals surface area contributed by atoms with Crippen molar-refractivity contribution in [3.05, 3.63) is 29.6 Å². The van der Waals surface area contributed by atoms with Gasteiger partial charge in [0.2, 0.25) is 5.91 Å². The van der Waals surface area contributed by atoms with Gasteiger partial charge in [-0.2, -0.15) is 0 Å². The summed E-state index contributed by atoms with van der Waals surface area (Å²) in [5, 5.41) is 3.32. The maximum atomic E-state index is 13.9. The molecular weight excluding hydrogens is 231 g/mol. The first kappa shape index (κ1) is 11.7. The first-order valence-corrected chi connectivity index (χ1v) is 6.49. The number of amides is 1. The molecule has 0 aromatic heterocycles. The van der Waals surface area contributed by atoms with E-state index >= 15 is 0 Å². The van der Waals surface area contributed by atoms with Crippen molar-refractivity contribution in [1.29, 1.82) is 0 Å². The Balaban J connectivity index is 1.78. The Morgan fingerprint density at radius 2 is 2.11 bits per heavy atom. The molecule has 1 heterocycles. The van der Waals surface area contributed by atoms with Crippen LogP contribution in [0.1, 0.15) is 24.8 Å². The predicted molar refractivity (Wildman–Crippen MR) is 68.1 cm³/mol. The average Bonchev–Trinajstić information content (AvgIpc) is 3.07. The Morgan fingerprint density at radius 3 is 2.78 bits per heavy atom. The van der Waals surface area contributed by atoms with Gasteiger partial charge < -0.3 is 10.2 Å². The highest BCUT2D eigenvalue weighted by Crippen LogP contribution is 2.27. The lowest BCUT2D eigenvalue weighted by atomic mass is 10.2. The normalized spacial score (nSPS) is 23.8. The van der Waals surface area contributed by atoms with Crippen LogP contribution in [0, 0.1) is 12.7 Å². The largest absolute Gasteiger partial charge is 0.308 e. The predicted octanol–water partition coefficient (Wildman–Crippen LogP) is 1.99. The van der Waals surface area contributed by atoms with Crippen LogP contribution in [-0.4, -0.2) is 24.5 Å². The lowest BCUT2D eigenvalue weighted by molar-refractivity contribution is -0.118. The van der Waals surface area contributed by atoms with Crippen LogP contribution < -0.4 is 10.2 Å². The van der Waals surface area contributed by atoms with E-state index in [1.165, 1.54) is 6.07 Å². The number of rotatable bonds is 3. The van der Waals surface area contributed by atoms with Gasteiger partial charge in [0.15, 0.2) is 0 Å². The molecule has 2 fully saturated rings. The van der Waals surface area contributed by atoms with E-state index in [-0.39, 0.29) is 17.8 Å². The van der Waals surface area contributed by atoms with Crippen LogP contribution in [0.5, 0.6) is 0 Å². The first-order valence-electron chi connectivity index (χ1n) is 6.49. The van der Waals surface area contributed by atoms with Crippen molar-refractivity contribution in [2.75, 3.05) is 11.4 Å². The smallest absolute Gasteiger partial charge is 0.244 e. The fourth-order valence-electron chi connectivity index (χ4n) is 2.44. The van der Waals surface area contributed by atoms with Crippen molar-refractivity contribution in [1.82, 2.24) is 5.32 Å². The number of carbonyl (C=O) groups excluding carboxylic acids is 1. The third-order valence-electron chi connectivity index (χ3n) is 3.61. The summed E-state index contributed by atoms with van der Waals surface area (Å²) in [6.45, 7) is 2.44. The molecule has 1 aromatic rings. The number of benzene rings is 1. The Morgan fingerprint density at radius 1 is 1.33 bits per heavy atom. The summed E-state index contributed by atoms with van der Waals surface area (Å²) in [4.78, 5) is 13.8. The summed E-state index contributed by atoms with van der Waals surface area (Å²) in [5.41, 5.74) is 1.28. The fraction of sp³-hybridized carbons (Fsp3) is 0.500. The van der Waals surface area contributed by atoms with E-state index in [4.69, 9.17) is 0 Å². The number of aryl methyl sites for hydroxylation is 1. The molecule has 1 amide bonds. The van der Waals surface area contributed by atoms with Crippen molar-refractivity contribution in [2.24, 2.45) is 0 Å². The van der Waals surface area contributed by atoms with Gasteiger partial charge in [0.1, 0.15) is 5.82 Å². The summed E-state index contributed by atoms with van der Waals surface area (Å²) >= 11 is 0. The van der Waals surface area contributed by atoms with E-state index in [2.05, 4.69) is 5.32 Å². The molecule has 0 spiro atoms. The lowest BCUT2D eigenvalue weighted by Crippen LogP contribution is -2.39. The molecule has 4 heteroatoms. The third-order valence-corrected chi connectivity index (χ3v) is 3.61. The molecule has 1 aromatic carbocycles. The van der Waals surface area contributed by atoms with Crippen LogP contribution in [-0.2, 0) is 4.79 Å². The highest BCUT2D eigenvalue weighted by atomic mass is 19.1. The van der Waals surface area contributed by atoms with E-state index in [0.717, 1.165) is 24.8 Å². The Labute approximate surface area is 106 Å². The molecule has 1 N–H and O–H groups in total. The molecule has 1 saturated heterocycles.